The van der Waals surface area contributed by atoms with Crippen LogP contribution in [0, 0.1) is 0 Å². The Morgan fingerprint density at radius 3 is 2.85 bits per heavy atom. The molecule has 1 aromatic carbocycles. The lowest BCUT2D eigenvalue weighted by Gasteiger charge is -2.28. The Labute approximate surface area is 165 Å². The van der Waals surface area contributed by atoms with Crippen molar-refractivity contribution in [2.75, 3.05) is 26.7 Å². The Morgan fingerprint density at radius 2 is 2.19 bits per heavy atom. The smallest absolute Gasteiger partial charge is 0.409 e. The van der Waals surface area contributed by atoms with Gasteiger partial charge in [0, 0.05) is 36.6 Å². The molecule has 0 radical (unpaired) electrons. The first-order valence-corrected chi connectivity index (χ1v) is 9.86. The molecule has 1 aromatic heterocycles. The molecule has 0 fully saturated rings. The average molecular weight is 391 g/mol. The van der Waals surface area contributed by atoms with E-state index in [0.717, 1.165) is 43.9 Å². The number of aromatic nitrogens is 2. The first-order chi connectivity index (χ1) is 13.1. The van der Waals surface area contributed by atoms with E-state index in [9.17, 15) is 4.79 Å². The summed E-state index contributed by atoms with van der Waals surface area (Å²) in [6.45, 7) is 8.10. The normalized spacial score (nSPS) is 14.1. The van der Waals surface area contributed by atoms with Crippen molar-refractivity contribution in [3.05, 3.63) is 46.2 Å². The van der Waals surface area contributed by atoms with Gasteiger partial charge in [-0.3, -0.25) is 4.90 Å². The number of fused-ring (bicyclic) bond motifs is 1. The van der Waals surface area contributed by atoms with E-state index >= 15 is 0 Å². The molecule has 6 nitrogen and oxygen atoms in total. The highest BCUT2D eigenvalue weighted by Crippen LogP contribution is 2.27. The lowest BCUT2D eigenvalue weighted by Crippen LogP contribution is -2.33. The highest BCUT2D eigenvalue weighted by atomic mass is 35.5. The van der Waals surface area contributed by atoms with Gasteiger partial charge in [0.25, 0.3) is 0 Å². The van der Waals surface area contributed by atoms with Crippen molar-refractivity contribution in [2.24, 2.45) is 0 Å². The first-order valence-electron chi connectivity index (χ1n) is 9.48. The minimum Gasteiger partial charge on any atom is -0.453 e. The van der Waals surface area contributed by atoms with Crippen LogP contribution in [0.4, 0.5) is 4.79 Å². The monoisotopic (exact) mass is 390 g/mol. The molecule has 3 rings (SSSR count). The number of hydrogen-bond acceptors (Lipinski definition) is 4. The van der Waals surface area contributed by atoms with Gasteiger partial charge in [-0.15, -0.1) is 0 Å². The second-order valence-electron chi connectivity index (χ2n) is 6.77. The summed E-state index contributed by atoms with van der Waals surface area (Å²) < 4.78 is 6.90. The summed E-state index contributed by atoms with van der Waals surface area (Å²) >= 11 is 6.20. The summed E-state index contributed by atoms with van der Waals surface area (Å²) in [6, 6.07) is 7.74. The van der Waals surface area contributed by atoms with Crippen LogP contribution in [0.15, 0.2) is 24.3 Å². The lowest BCUT2D eigenvalue weighted by molar-refractivity contribution is 0.122. The zero-order valence-electron chi connectivity index (χ0n) is 16.2. The summed E-state index contributed by atoms with van der Waals surface area (Å²) in [7, 11) is 1.41. The Morgan fingerprint density at radius 1 is 1.37 bits per heavy atom. The highest BCUT2D eigenvalue weighted by Gasteiger charge is 2.27. The molecule has 1 amide bonds. The van der Waals surface area contributed by atoms with Crippen LogP contribution in [-0.2, 0) is 24.2 Å². The fourth-order valence-electron chi connectivity index (χ4n) is 3.61. The maximum atomic E-state index is 12.0. The second-order valence-corrected chi connectivity index (χ2v) is 7.21. The molecular formula is C20H27ClN4O2. The molecule has 1 aliphatic rings. The van der Waals surface area contributed by atoms with Crippen molar-refractivity contribution in [1.29, 1.82) is 0 Å². The lowest BCUT2D eigenvalue weighted by atomic mass is 10.0. The summed E-state index contributed by atoms with van der Waals surface area (Å²) in [5, 5.41) is 5.57. The van der Waals surface area contributed by atoms with Crippen LogP contribution >= 0.6 is 11.6 Å². The van der Waals surface area contributed by atoms with Crippen molar-refractivity contribution in [3.63, 3.8) is 0 Å². The van der Waals surface area contributed by atoms with Gasteiger partial charge in [-0.25, -0.2) is 9.48 Å². The molecule has 0 bridgehead atoms. The molecule has 0 atom stereocenters. The molecule has 1 aliphatic heterocycles. The van der Waals surface area contributed by atoms with E-state index < -0.39 is 0 Å². The molecule has 0 aliphatic carbocycles. The molecular weight excluding hydrogens is 364 g/mol. The summed E-state index contributed by atoms with van der Waals surface area (Å²) in [5.41, 5.74) is 4.31. The number of nitrogens with zero attached hydrogens (tertiary/aromatic N) is 4. The Hall–Kier alpha value is -2.05. The molecule has 7 heteroatoms. The third-order valence-corrected chi connectivity index (χ3v) is 5.20. The van der Waals surface area contributed by atoms with E-state index in [-0.39, 0.29) is 6.09 Å². The van der Waals surface area contributed by atoms with E-state index in [2.05, 4.69) is 11.8 Å². The van der Waals surface area contributed by atoms with Crippen molar-refractivity contribution >= 4 is 17.7 Å². The molecule has 0 saturated carbocycles. The number of ether oxygens (including phenoxy) is 1. The number of hydrogen-bond donors (Lipinski definition) is 0. The zero-order valence-corrected chi connectivity index (χ0v) is 17.0. The molecule has 0 unspecified atom stereocenters. The number of amides is 1. The number of halogens is 1. The van der Waals surface area contributed by atoms with E-state index in [1.165, 1.54) is 18.4 Å². The standard InChI is InChI=1S/C20H27ClN4O2/c1-4-10-23-11-9-19-17(13-23)18(14-24(5-2)20(26)27-3)22-25(19)16-8-6-7-15(21)12-16/h6-8,12H,4-5,9-11,13-14H2,1-3H3. The van der Waals surface area contributed by atoms with Crippen LogP contribution in [0.25, 0.3) is 5.69 Å². The SMILES string of the molecule is CCCN1CCc2c(c(CN(CC)C(=O)OC)nn2-c2cccc(Cl)c2)C1. The third-order valence-electron chi connectivity index (χ3n) is 4.97. The third kappa shape index (κ3) is 4.28. The van der Waals surface area contributed by atoms with Crippen LogP contribution in [0.5, 0.6) is 0 Å². The molecule has 0 saturated heterocycles. The van der Waals surface area contributed by atoms with Crippen molar-refractivity contribution in [1.82, 2.24) is 19.6 Å². The van der Waals surface area contributed by atoms with Gasteiger partial charge in [0.05, 0.1) is 30.7 Å². The van der Waals surface area contributed by atoms with E-state index in [4.69, 9.17) is 21.4 Å². The van der Waals surface area contributed by atoms with Gasteiger partial charge in [0.2, 0.25) is 0 Å². The van der Waals surface area contributed by atoms with Gasteiger partial charge in [0.15, 0.2) is 0 Å². The Balaban J connectivity index is 2.00. The topological polar surface area (TPSA) is 50.6 Å². The molecule has 0 spiro atoms. The van der Waals surface area contributed by atoms with Crippen LogP contribution in [-0.4, -0.2) is 52.4 Å². The van der Waals surface area contributed by atoms with E-state index in [1.807, 2.05) is 35.9 Å². The van der Waals surface area contributed by atoms with E-state index in [0.29, 0.717) is 18.1 Å². The van der Waals surface area contributed by atoms with Gasteiger partial charge in [0.1, 0.15) is 0 Å². The van der Waals surface area contributed by atoms with Crippen LogP contribution in [0.1, 0.15) is 37.2 Å². The van der Waals surface area contributed by atoms with Crippen molar-refractivity contribution in [3.8, 4) is 5.69 Å². The van der Waals surface area contributed by atoms with Gasteiger partial charge < -0.3 is 9.64 Å². The predicted octanol–water partition coefficient (Wildman–Crippen LogP) is 3.88. The Bertz CT molecular complexity index is 805. The maximum Gasteiger partial charge on any atom is 0.409 e. The number of carbonyl (C=O) groups is 1. The van der Waals surface area contributed by atoms with Crippen molar-refractivity contribution < 1.29 is 9.53 Å². The van der Waals surface area contributed by atoms with Crippen LogP contribution in [0.3, 0.4) is 0 Å². The van der Waals surface area contributed by atoms with Gasteiger partial charge in [-0.2, -0.15) is 5.10 Å². The second kappa shape index (κ2) is 8.76. The van der Waals surface area contributed by atoms with E-state index in [1.54, 1.807) is 4.90 Å². The zero-order chi connectivity index (χ0) is 19.4. The largest absolute Gasteiger partial charge is 0.453 e. The van der Waals surface area contributed by atoms with Crippen LogP contribution in [0.2, 0.25) is 5.02 Å². The number of rotatable bonds is 6. The quantitative estimate of drug-likeness (QED) is 0.751. The van der Waals surface area contributed by atoms with Gasteiger partial charge in [-0.05, 0) is 38.1 Å². The Kier molecular flexibility index (Phi) is 6.39. The van der Waals surface area contributed by atoms with Crippen LogP contribution < -0.4 is 0 Å². The molecule has 0 N–H and O–H groups in total. The number of benzene rings is 1. The summed E-state index contributed by atoms with van der Waals surface area (Å²) in [5.74, 6) is 0. The van der Waals surface area contributed by atoms with Gasteiger partial charge >= 0.3 is 6.09 Å². The minimum absolute atomic E-state index is 0.329. The number of carbonyl (C=O) groups excluding carboxylic acids is 1. The fraction of sp³-hybridized carbons (Fsp3) is 0.500. The molecule has 27 heavy (non-hydrogen) atoms. The average Bonchev–Trinajstić information content (AvgIpc) is 3.03. The van der Waals surface area contributed by atoms with Crippen molar-refractivity contribution in [2.45, 2.75) is 39.8 Å². The summed E-state index contributed by atoms with van der Waals surface area (Å²) in [6.07, 6.45) is 1.72. The maximum absolute atomic E-state index is 12.0. The molecule has 146 valence electrons. The van der Waals surface area contributed by atoms with Gasteiger partial charge in [-0.1, -0.05) is 24.6 Å². The number of methoxy groups -OCH3 is 1. The fourth-order valence-corrected chi connectivity index (χ4v) is 3.80. The minimum atomic E-state index is -0.329. The molecule has 2 heterocycles. The first kappa shape index (κ1) is 19.7. The highest BCUT2D eigenvalue weighted by molar-refractivity contribution is 6.30. The molecule has 2 aromatic rings. The summed E-state index contributed by atoms with van der Waals surface area (Å²) in [4.78, 5) is 16.2. The predicted molar refractivity (Wildman–Crippen MR) is 106 cm³/mol.